The van der Waals surface area contributed by atoms with E-state index in [0.717, 1.165) is 47.6 Å². The minimum atomic E-state index is -0.282. The molecule has 2 aromatic rings. The Labute approximate surface area is 203 Å². The van der Waals surface area contributed by atoms with E-state index >= 15 is 0 Å². The first-order valence-electron chi connectivity index (χ1n) is 11.6. The number of hydrogen-bond acceptors (Lipinski definition) is 3. The maximum atomic E-state index is 13.9. The Balaban J connectivity index is 2.58. The van der Waals surface area contributed by atoms with Crippen LogP contribution in [0.25, 0.3) is 0 Å². The Morgan fingerprint density at radius 3 is 2.62 bits per heavy atom. The molecule has 0 bridgehead atoms. The fraction of sp³-hybridized carbons (Fsp3) is 0.286. The van der Waals surface area contributed by atoms with E-state index in [2.05, 4.69) is 48.2 Å². The predicted molar refractivity (Wildman–Crippen MR) is 144 cm³/mol. The summed E-state index contributed by atoms with van der Waals surface area (Å²) in [4.78, 5) is 9.39. The van der Waals surface area contributed by atoms with Gasteiger partial charge in [0, 0.05) is 36.9 Å². The van der Waals surface area contributed by atoms with Crippen molar-refractivity contribution in [2.45, 2.75) is 47.0 Å². The van der Waals surface area contributed by atoms with Crippen LogP contribution in [0.3, 0.4) is 0 Å². The summed E-state index contributed by atoms with van der Waals surface area (Å²) in [5, 5.41) is 6.60. The molecule has 0 aliphatic rings. The molecule has 0 spiro atoms. The van der Waals surface area contributed by atoms with Gasteiger partial charge in [-0.3, -0.25) is 0 Å². The van der Waals surface area contributed by atoms with Crippen molar-refractivity contribution in [2.24, 2.45) is 12.0 Å². The van der Waals surface area contributed by atoms with Crippen LogP contribution >= 0.6 is 0 Å². The number of halogens is 1. The van der Waals surface area contributed by atoms with Crippen molar-refractivity contribution >= 4 is 17.3 Å². The third-order valence-electron chi connectivity index (χ3n) is 4.83. The van der Waals surface area contributed by atoms with Gasteiger partial charge in [-0.1, -0.05) is 51.2 Å². The molecule has 34 heavy (non-hydrogen) atoms. The van der Waals surface area contributed by atoms with Crippen LogP contribution in [-0.4, -0.2) is 15.4 Å². The molecule has 0 unspecified atom stereocenters. The van der Waals surface area contributed by atoms with Gasteiger partial charge in [-0.25, -0.2) is 14.4 Å². The molecular formula is C28H36FN5. The number of pyridine rings is 1. The largest absolute Gasteiger partial charge is 0.348 e. The minimum absolute atomic E-state index is 0.282. The average molecular weight is 462 g/mol. The molecular weight excluding hydrogens is 425 g/mol. The molecule has 0 saturated carbocycles. The van der Waals surface area contributed by atoms with Crippen LogP contribution in [0.15, 0.2) is 101 Å². The molecule has 2 heterocycles. The first kappa shape index (κ1) is 26.6. The molecule has 0 aliphatic carbocycles. The summed E-state index contributed by atoms with van der Waals surface area (Å²) >= 11 is 0. The molecule has 0 aromatic carbocycles. The van der Waals surface area contributed by atoms with Gasteiger partial charge in [0.05, 0.1) is 11.4 Å². The highest BCUT2D eigenvalue weighted by atomic mass is 19.1. The molecule has 0 atom stereocenters. The number of aromatic nitrogens is 2. The van der Waals surface area contributed by atoms with E-state index in [1.54, 1.807) is 19.2 Å². The number of hydrogen-bond donors (Lipinski definition) is 2. The van der Waals surface area contributed by atoms with Crippen molar-refractivity contribution in [3.8, 4) is 0 Å². The molecule has 2 aromatic heterocycles. The highest BCUT2D eigenvalue weighted by molar-refractivity contribution is 6.08. The normalized spacial score (nSPS) is 13.5. The van der Waals surface area contributed by atoms with Gasteiger partial charge in [0.25, 0.3) is 0 Å². The number of rotatable bonds is 11. The van der Waals surface area contributed by atoms with E-state index in [4.69, 9.17) is 4.99 Å². The van der Waals surface area contributed by atoms with E-state index < -0.39 is 0 Å². The lowest BCUT2D eigenvalue weighted by Gasteiger charge is -2.14. The summed E-state index contributed by atoms with van der Waals surface area (Å²) in [7, 11) is 1.98. The number of unbranched alkanes of at least 4 members (excludes halogenated alkanes) is 1. The summed E-state index contributed by atoms with van der Waals surface area (Å²) in [6.07, 6.45) is 15.2. The van der Waals surface area contributed by atoms with Crippen LogP contribution in [0.5, 0.6) is 0 Å². The van der Waals surface area contributed by atoms with Gasteiger partial charge >= 0.3 is 0 Å². The van der Waals surface area contributed by atoms with Crippen molar-refractivity contribution in [3.63, 3.8) is 0 Å². The summed E-state index contributed by atoms with van der Waals surface area (Å²) in [5.41, 5.74) is 4.24. The third-order valence-corrected chi connectivity index (χ3v) is 4.83. The fourth-order valence-corrected chi connectivity index (χ4v) is 3.16. The van der Waals surface area contributed by atoms with Crippen molar-refractivity contribution < 1.29 is 4.39 Å². The number of amidine groups is 1. The monoisotopic (exact) mass is 461 g/mol. The first-order valence-corrected chi connectivity index (χ1v) is 11.6. The van der Waals surface area contributed by atoms with Gasteiger partial charge in [-0.2, -0.15) is 0 Å². The number of nitrogens with zero attached hydrogens (tertiary/aromatic N) is 3. The van der Waals surface area contributed by atoms with E-state index in [1.165, 1.54) is 12.2 Å². The highest BCUT2D eigenvalue weighted by Gasteiger charge is 2.11. The van der Waals surface area contributed by atoms with E-state index in [1.807, 2.05) is 49.0 Å². The van der Waals surface area contributed by atoms with Gasteiger partial charge in [0.2, 0.25) is 0 Å². The third kappa shape index (κ3) is 8.35. The van der Waals surface area contributed by atoms with Crippen molar-refractivity contribution in [1.29, 1.82) is 0 Å². The molecule has 5 nitrogen and oxygen atoms in total. The van der Waals surface area contributed by atoms with Gasteiger partial charge in [0.15, 0.2) is 5.84 Å². The Morgan fingerprint density at radius 1 is 1.21 bits per heavy atom. The van der Waals surface area contributed by atoms with E-state index in [0.29, 0.717) is 11.7 Å². The topological polar surface area (TPSA) is 54.2 Å². The summed E-state index contributed by atoms with van der Waals surface area (Å²) in [6.45, 7) is 11.6. The number of anilines is 2. The first-order chi connectivity index (χ1) is 16.4. The van der Waals surface area contributed by atoms with E-state index in [9.17, 15) is 4.39 Å². The van der Waals surface area contributed by atoms with Crippen LogP contribution in [-0.2, 0) is 7.05 Å². The molecule has 2 rings (SSSR count). The summed E-state index contributed by atoms with van der Waals surface area (Å²) in [6, 6.07) is 7.79. The van der Waals surface area contributed by atoms with Crippen molar-refractivity contribution in [3.05, 3.63) is 102 Å². The number of allylic oxidation sites excluding steroid dienone is 7. The van der Waals surface area contributed by atoms with Gasteiger partial charge in [-0.05, 0) is 56.5 Å². The molecule has 0 saturated heterocycles. The van der Waals surface area contributed by atoms with Crippen LogP contribution in [0, 0.1) is 0 Å². The second-order valence-electron chi connectivity index (χ2n) is 7.88. The smallest absolute Gasteiger partial charge is 0.155 e. The lowest BCUT2D eigenvalue weighted by molar-refractivity contribution is 0.665. The molecule has 0 amide bonds. The molecule has 180 valence electrons. The quantitative estimate of drug-likeness (QED) is 0.205. The number of aryl methyl sites for hydroxylation is 1. The average Bonchev–Trinajstić information content (AvgIpc) is 3.24. The molecule has 0 radical (unpaired) electrons. The molecule has 6 heteroatoms. The zero-order valence-corrected chi connectivity index (χ0v) is 20.9. The lowest BCUT2D eigenvalue weighted by Crippen LogP contribution is -2.18. The predicted octanol–water partition coefficient (Wildman–Crippen LogP) is 7.67. The van der Waals surface area contributed by atoms with Gasteiger partial charge in [-0.15, -0.1) is 0 Å². The van der Waals surface area contributed by atoms with Crippen molar-refractivity contribution in [1.82, 2.24) is 9.55 Å². The number of aliphatic imine (C=N–C) groups is 1. The Kier molecular flexibility index (Phi) is 10.8. The SMILES string of the molecule is C=C(C)Nc1cc(NC(=NC(=C/CCC)/C(/C=C\C(F)=C/C)=C\CC)c2cccn2C)ccn1. The maximum absolute atomic E-state index is 13.9. The van der Waals surface area contributed by atoms with Crippen LogP contribution < -0.4 is 10.6 Å². The zero-order valence-electron chi connectivity index (χ0n) is 20.9. The van der Waals surface area contributed by atoms with Crippen LogP contribution in [0.1, 0.15) is 52.7 Å². The fourth-order valence-electron chi connectivity index (χ4n) is 3.16. The molecule has 0 fully saturated rings. The Bertz CT molecular complexity index is 1120. The maximum Gasteiger partial charge on any atom is 0.155 e. The zero-order chi connectivity index (χ0) is 24.9. The lowest BCUT2D eigenvalue weighted by atomic mass is 10.1. The second kappa shape index (κ2) is 13.8. The minimum Gasteiger partial charge on any atom is -0.348 e. The Morgan fingerprint density at radius 2 is 2.00 bits per heavy atom. The number of nitrogens with one attached hydrogen (secondary N) is 2. The highest BCUT2D eigenvalue weighted by Crippen LogP contribution is 2.21. The van der Waals surface area contributed by atoms with Gasteiger partial charge in [0.1, 0.15) is 11.6 Å². The molecule has 2 N–H and O–H groups in total. The summed E-state index contributed by atoms with van der Waals surface area (Å²) < 4.78 is 15.9. The summed E-state index contributed by atoms with van der Waals surface area (Å²) in [5.74, 6) is 1.10. The van der Waals surface area contributed by atoms with Crippen LogP contribution in [0.4, 0.5) is 15.9 Å². The van der Waals surface area contributed by atoms with Crippen LogP contribution in [0.2, 0.25) is 0 Å². The second-order valence-corrected chi connectivity index (χ2v) is 7.88. The van der Waals surface area contributed by atoms with E-state index in [-0.39, 0.29) is 5.83 Å². The molecule has 0 aliphatic heterocycles. The standard InChI is InChI=1S/C28H36FN5/c1-7-10-13-25(22(12-8-2)15-16-23(29)9-3)33-28(26-14-11-19-34(26)6)32-24-17-18-30-27(20-24)31-21(4)5/h9,11-20H,4,7-8,10H2,1-3,5-6H3,(H2,30,31,32,33)/b16-15-,22-12-,23-9+,25-13+. The van der Waals surface area contributed by atoms with Gasteiger partial charge < -0.3 is 15.2 Å². The van der Waals surface area contributed by atoms with Crippen molar-refractivity contribution in [2.75, 3.05) is 10.6 Å². The Hall–Kier alpha value is -3.67.